The molecule has 2 amide bonds. The minimum absolute atomic E-state index is 0.0140. The van der Waals surface area contributed by atoms with Crippen molar-refractivity contribution in [3.05, 3.63) is 95.0 Å². The summed E-state index contributed by atoms with van der Waals surface area (Å²) in [5, 5.41) is 2.69. The average molecular weight is 636 g/mol. The lowest BCUT2D eigenvalue weighted by Crippen LogP contribution is -2.53. The third kappa shape index (κ3) is 8.08. The Hall–Kier alpha value is -3.57. The van der Waals surface area contributed by atoms with E-state index in [1.165, 1.54) is 29.2 Å². The zero-order valence-corrected chi connectivity index (χ0v) is 25.1. The molecule has 1 aliphatic rings. The fraction of sp³-hybridized carbons (Fsp3) is 0.355. The van der Waals surface area contributed by atoms with Crippen LogP contribution in [0.3, 0.4) is 0 Å². The van der Waals surface area contributed by atoms with Crippen LogP contribution in [-0.4, -0.2) is 50.3 Å². The number of hydrogen-bond donors (Lipinski definition) is 1. The Bertz CT molecular complexity index is 1520. The van der Waals surface area contributed by atoms with E-state index in [2.05, 4.69) is 5.32 Å². The lowest BCUT2D eigenvalue weighted by molar-refractivity contribution is -0.139. The van der Waals surface area contributed by atoms with Gasteiger partial charge in [0.25, 0.3) is 10.0 Å². The number of amides is 2. The average Bonchev–Trinajstić information content (AvgIpc) is 3.49. The number of carbonyl (C=O) groups is 2. The van der Waals surface area contributed by atoms with E-state index in [0.717, 1.165) is 43.4 Å². The highest BCUT2D eigenvalue weighted by Gasteiger charge is 2.36. The summed E-state index contributed by atoms with van der Waals surface area (Å²) in [6, 6.07) is 17.6. The van der Waals surface area contributed by atoms with Crippen LogP contribution in [0, 0.1) is 0 Å². The van der Waals surface area contributed by atoms with Crippen molar-refractivity contribution in [1.29, 1.82) is 0 Å². The molecule has 0 aromatic heterocycles. The summed E-state index contributed by atoms with van der Waals surface area (Å²) in [6.45, 7) is 0.742. The lowest BCUT2D eigenvalue weighted by Gasteiger charge is -2.33. The fourth-order valence-electron chi connectivity index (χ4n) is 5.08. The van der Waals surface area contributed by atoms with Crippen molar-refractivity contribution in [1.82, 2.24) is 10.2 Å². The summed E-state index contributed by atoms with van der Waals surface area (Å²) in [7, 11) is -4.57. The second-order valence-electron chi connectivity index (χ2n) is 10.5. The lowest BCUT2D eigenvalue weighted by atomic mass is 10.1. The Labute approximate surface area is 254 Å². The Balaban J connectivity index is 1.72. The minimum atomic E-state index is -4.79. The van der Waals surface area contributed by atoms with Gasteiger partial charge in [0.1, 0.15) is 12.6 Å². The third-order valence-corrected chi connectivity index (χ3v) is 9.60. The molecule has 0 saturated heterocycles. The van der Waals surface area contributed by atoms with E-state index < -0.39 is 45.9 Å². The molecule has 0 spiro atoms. The first-order valence-corrected chi connectivity index (χ1v) is 15.8. The van der Waals surface area contributed by atoms with Gasteiger partial charge in [-0.15, -0.1) is 0 Å². The normalized spacial score (nSPS) is 14.7. The van der Waals surface area contributed by atoms with E-state index in [-0.39, 0.29) is 28.4 Å². The summed E-state index contributed by atoms with van der Waals surface area (Å²) in [6.07, 6.45) is -0.801. The number of benzene rings is 3. The van der Waals surface area contributed by atoms with E-state index in [1.54, 1.807) is 13.0 Å². The zero-order valence-electron chi connectivity index (χ0n) is 23.6. The van der Waals surface area contributed by atoms with Crippen LogP contribution in [0.4, 0.5) is 18.9 Å². The monoisotopic (exact) mass is 635 g/mol. The Morgan fingerprint density at radius 1 is 0.977 bits per heavy atom. The number of carbonyl (C=O) groups excluding carboxylic acids is 2. The van der Waals surface area contributed by atoms with Crippen molar-refractivity contribution in [2.24, 2.45) is 0 Å². The van der Waals surface area contributed by atoms with E-state index in [0.29, 0.717) is 16.8 Å². The van der Waals surface area contributed by atoms with Crippen molar-refractivity contribution in [2.45, 2.75) is 62.2 Å². The molecule has 1 saturated carbocycles. The Morgan fingerprint density at radius 2 is 1.58 bits per heavy atom. The van der Waals surface area contributed by atoms with Crippen LogP contribution >= 0.6 is 11.6 Å². The van der Waals surface area contributed by atoms with Gasteiger partial charge in [-0.3, -0.25) is 13.9 Å². The molecule has 4 rings (SSSR count). The summed E-state index contributed by atoms with van der Waals surface area (Å²) in [4.78, 5) is 28.3. The maximum absolute atomic E-state index is 14.0. The van der Waals surface area contributed by atoms with E-state index in [1.807, 2.05) is 30.3 Å². The van der Waals surface area contributed by atoms with Crippen LogP contribution in [0.2, 0.25) is 5.02 Å². The van der Waals surface area contributed by atoms with Gasteiger partial charge in [-0.1, -0.05) is 73.0 Å². The van der Waals surface area contributed by atoms with Gasteiger partial charge in [0.05, 0.1) is 21.2 Å². The molecule has 3 aromatic carbocycles. The van der Waals surface area contributed by atoms with Crippen LogP contribution in [0.15, 0.2) is 83.8 Å². The minimum Gasteiger partial charge on any atom is -0.352 e. The number of hydrogen-bond acceptors (Lipinski definition) is 4. The molecular formula is C31H33ClF3N3O4S. The van der Waals surface area contributed by atoms with Gasteiger partial charge in [-0.2, -0.15) is 13.2 Å². The van der Waals surface area contributed by atoms with Crippen LogP contribution in [-0.2, 0) is 32.2 Å². The number of alkyl halides is 3. The molecule has 1 aliphatic carbocycles. The number of anilines is 1. The van der Waals surface area contributed by atoms with Crippen molar-refractivity contribution < 1.29 is 31.2 Å². The van der Waals surface area contributed by atoms with Crippen LogP contribution in [0.25, 0.3) is 0 Å². The molecule has 0 unspecified atom stereocenters. The van der Waals surface area contributed by atoms with Gasteiger partial charge in [-0.25, -0.2) is 8.42 Å². The topological polar surface area (TPSA) is 86.8 Å². The smallest absolute Gasteiger partial charge is 0.352 e. The van der Waals surface area contributed by atoms with E-state index >= 15 is 0 Å². The summed E-state index contributed by atoms with van der Waals surface area (Å²) < 4.78 is 69.3. The SMILES string of the molecule is C[C@@H](C(=O)NC1CCCC1)N(CCc1ccccc1)C(=O)CN(c1cc(C(F)(F)F)ccc1Cl)S(=O)(=O)c1ccccc1. The Kier molecular flexibility index (Phi) is 10.4. The van der Waals surface area contributed by atoms with Gasteiger partial charge in [-0.05, 0) is 62.1 Å². The number of nitrogens with zero attached hydrogens (tertiary/aromatic N) is 2. The summed E-state index contributed by atoms with van der Waals surface area (Å²) >= 11 is 6.28. The second-order valence-corrected chi connectivity index (χ2v) is 12.7. The first-order chi connectivity index (χ1) is 20.4. The van der Waals surface area contributed by atoms with E-state index in [9.17, 15) is 31.2 Å². The molecule has 1 atom stereocenters. The van der Waals surface area contributed by atoms with E-state index in [4.69, 9.17) is 11.6 Å². The molecule has 3 aromatic rings. The molecule has 0 heterocycles. The Morgan fingerprint density at radius 3 is 2.19 bits per heavy atom. The number of nitrogens with one attached hydrogen (secondary N) is 1. The van der Waals surface area contributed by atoms with Crippen molar-refractivity contribution in [3.8, 4) is 0 Å². The second kappa shape index (κ2) is 13.8. The van der Waals surface area contributed by atoms with Crippen LogP contribution in [0.1, 0.15) is 43.7 Å². The highest BCUT2D eigenvalue weighted by molar-refractivity contribution is 7.92. The molecule has 230 valence electrons. The van der Waals surface area contributed by atoms with Crippen molar-refractivity contribution in [3.63, 3.8) is 0 Å². The largest absolute Gasteiger partial charge is 0.416 e. The highest BCUT2D eigenvalue weighted by Crippen LogP contribution is 2.37. The molecule has 43 heavy (non-hydrogen) atoms. The third-order valence-electron chi connectivity index (χ3n) is 7.51. The van der Waals surface area contributed by atoms with Crippen LogP contribution in [0.5, 0.6) is 0 Å². The summed E-state index contributed by atoms with van der Waals surface area (Å²) in [5.41, 5.74) is -0.740. The number of sulfonamides is 1. The number of halogens is 4. The molecular weight excluding hydrogens is 603 g/mol. The molecule has 1 N–H and O–H groups in total. The molecule has 0 radical (unpaired) electrons. The van der Waals surface area contributed by atoms with Gasteiger partial charge >= 0.3 is 6.18 Å². The predicted octanol–water partition coefficient (Wildman–Crippen LogP) is 6.07. The molecule has 1 fully saturated rings. The maximum Gasteiger partial charge on any atom is 0.416 e. The van der Waals surface area contributed by atoms with Gasteiger partial charge in [0.2, 0.25) is 11.8 Å². The summed E-state index contributed by atoms with van der Waals surface area (Å²) in [5.74, 6) is -1.15. The molecule has 0 bridgehead atoms. The van der Waals surface area contributed by atoms with Crippen molar-refractivity contribution in [2.75, 3.05) is 17.4 Å². The van der Waals surface area contributed by atoms with Crippen LogP contribution < -0.4 is 9.62 Å². The maximum atomic E-state index is 14.0. The van der Waals surface area contributed by atoms with Gasteiger partial charge in [0, 0.05) is 12.6 Å². The molecule has 7 nitrogen and oxygen atoms in total. The van der Waals surface area contributed by atoms with Gasteiger partial charge in [0.15, 0.2) is 0 Å². The molecule has 12 heteroatoms. The first kappa shape index (κ1) is 32.3. The van der Waals surface area contributed by atoms with Crippen molar-refractivity contribution >= 4 is 39.1 Å². The quantitative estimate of drug-likeness (QED) is 0.277. The predicted molar refractivity (Wildman–Crippen MR) is 159 cm³/mol. The highest BCUT2D eigenvalue weighted by atomic mass is 35.5. The number of rotatable bonds is 11. The first-order valence-electron chi connectivity index (χ1n) is 14.0. The molecule has 0 aliphatic heterocycles. The fourth-order valence-corrected chi connectivity index (χ4v) is 6.79. The van der Waals surface area contributed by atoms with Gasteiger partial charge < -0.3 is 10.2 Å². The standard InChI is InChI=1S/C31H33ClF3N3O4S/c1-22(30(40)36-25-12-8-9-13-25)37(19-18-23-10-4-2-5-11-23)29(39)21-38(43(41,42)26-14-6-3-7-15-26)28-20-24(31(33,34)35)16-17-27(28)32/h2-7,10-11,14-17,20,22,25H,8-9,12-13,18-19,21H2,1H3,(H,36,40)/t22-/m0/s1. The zero-order chi connectivity index (χ0) is 31.2.